The highest BCUT2D eigenvalue weighted by atomic mass is 35.5. The zero-order chi connectivity index (χ0) is 14.0. The smallest absolute Gasteiger partial charge is 0.270 e. The van der Waals surface area contributed by atoms with Crippen LogP contribution in [0, 0.1) is 0 Å². The van der Waals surface area contributed by atoms with Gasteiger partial charge in [0.1, 0.15) is 5.54 Å². The molecule has 3 amide bonds. The van der Waals surface area contributed by atoms with Crippen molar-refractivity contribution in [2.24, 2.45) is 5.14 Å². The molecule has 0 bridgehead atoms. The van der Waals surface area contributed by atoms with Crippen molar-refractivity contribution in [3.8, 4) is 0 Å². The summed E-state index contributed by atoms with van der Waals surface area (Å²) < 4.78 is 21.7. The van der Waals surface area contributed by atoms with Crippen LogP contribution < -0.4 is 9.38 Å². The van der Waals surface area contributed by atoms with E-state index in [-0.39, 0.29) is 0 Å². The van der Waals surface area contributed by atoms with Gasteiger partial charge in [-0.25, -0.2) is 14.4 Å². The molecule has 1 heterocycles. The highest BCUT2D eigenvalue weighted by molar-refractivity contribution is 7.88. The minimum atomic E-state index is -3.65. The van der Waals surface area contributed by atoms with Crippen LogP contribution in [0.1, 0.15) is 13.8 Å². The lowest BCUT2D eigenvalue weighted by atomic mass is 10.1. The molecule has 3 N–H and O–H groups in total. The molecule has 0 saturated carbocycles. The molecule has 100 valence electrons. The van der Waals surface area contributed by atoms with Crippen LogP contribution in [0.25, 0.3) is 0 Å². The fourth-order valence-electron chi connectivity index (χ4n) is 0.727. The van der Waals surface area contributed by atoms with Crippen LogP contribution in [-0.2, 0) is 15.0 Å². The molecule has 12 heteroatoms. The summed E-state index contributed by atoms with van der Waals surface area (Å²) in [7, 11) is -3.65. The third-order valence-corrected chi connectivity index (χ3v) is 3.36. The van der Waals surface area contributed by atoms with Gasteiger partial charge in [0.05, 0.1) is 0 Å². The second-order valence-corrected chi connectivity index (χ2v) is 5.71. The van der Waals surface area contributed by atoms with Gasteiger partial charge in [-0.1, -0.05) is 0 Å². The number of nitrogens with zero attached hydrogens (tertiary/aromatic N) is 2. The molecule has 0 aromatic rings. The first-order chi connectivity index (χ1) is 7.45. The molecular formula is C5H9Cl3N4O4S. The molecule has 0 aromatic heterocycles. The van der Waals surface area contributed by atoms with E-state index in [0.717, 1.165) is 4.42 Å². The van der Waals surface area contributed by atoms with Gasteiger partial charge in [-0.3, -0.25) is 4.79 Å². The SMILES string of the molecule is CC1(C)C(=O)N(Cl)C(=O)N1Cl.NS(=O)(=O)NCl. The van der Waals surface area contributed by atoms with Crippen LogP contribution in [0.15, 0.2) is 0 Å². The van der Waals surface area contributed by atoms with Crippen molar-refractivity contribution in [2.75, 3.05) is 0 Å². The molecule has 1 fully saturated rings. The number of hydrogen-bond acceptors (Lipinski definition) is 4. The van der Waals surface area contributed by atoms with E-state index in [0.29, 0.717) is 4.42 Å². The van der Waals surface area contributed by atoms with E-state index >= 15 is 0 Å². The quantitative estimate of drug-likeness (QED) is 0.531. The number of carbonyl (C=O) groups is 2. The number of carbonyl (C=O) groups excluding carboxylic acids is 2. The standard InChI is InChI=1S/C5H6Cl2N2O2.ClH3N2O2S/c1-5(2)3(10)8(6)4(11)9(5)7;1-3-6(2,4)5/h1-2H3;3H,(H2,2,4,5). The van der Waals surface area contributed by atoms with Crippen molar-refractivity contribution in [1.29, 1.82) is 0 Å². The molecule has 0 atom stereocenters. The van der Waals surface area contributed by atoms with Gasteiger partial charge in [0.2, 0.25) is 0 Å². The minimum absolute atomic E-state index is 0.479. The van der Waals surface area contributed by atoms with E-state index in [1.54, 1.807) is 0 Å². The largest absolute Gasteiger partial charge is 0.357 e. The number of nitrogens with two attached hydrogens (primary N) is 1. The summed E-state index contributed by atoms with van der Waals surface area (Å²) in [5, 5.41) is 4.26. The Kier molecular flexibility index (Phi) is 5.44. The lowest BCUT2D eigenvalue weighted by Gasteiger charge is -2.18. The fourth-order valence-corrected chi connectivity index (χ4v) is 1.20. The number of halogens is 3. The summed E-state index contributed by atoms with van der Waals surface area (Å²) >= 11 is 15.3. The third kappa shape index (κ3) is 4.12. The van der Waals surface area contributed by atoms with Crippen molar-refractivity contribution in [3.63, 3.8) is 0 Å². The number of amides is 3. The topological polar surface area (TPSA) is 113 Å². The average molecular weight is 328 g/mol. The highest BCUT2D eigenvalue weighted by Gasteiger charge is 2.50. The summed E-state index contributed by atoms with van der Waals surface area (Å²) in [5.41, 5.74) is -1.04. The Morgan fingerprint density at radius 2 is 1.65 bits per heavy atom. The lowest BCUT2D eigenvalue weighted by Crippen LogP contribution is -2.38. The normalized spacial score (nSPS) is 19.2. The Hall–Kier alpha value is -0.320. The van der Waals surface area contributed by atoms with Crippen molar-refractivity contribution in [1.82, 2.24) is 13.1 Å². The number of nitrogens with one attached hydrogen (secondary N) is 1. The molecule has 0 radical (unpaired) electrons. The first-order valence-electron chi connectivity index (χ1n) is 3.85. The third-order valence-electron chi connectivity index (χ3n) is 1.64. The van der Waals surface area contributed by atoms with E-state index in [9.17, 15) is 18.0 Å². The second-order valence-electron chi connectivity index (χ2n) is 3.33. The van der Waals surface area contributed by atoms with Crippen LogP contribution in [0.3, 0.4) is 0 Å². The summed E-state index contributed by atoms with van der Waals surface area (Å²) in [6, 6.07) is -0.705. The molecule has 1 saturated heterocycles. The molecule has 1 aliphatic rings. The van der Waals surface area contributed by atoms with E-state index in [4.69, 9.17) is 23.6 Å². The van der Waals surface area contributed by atoms with Gasteiger partial charge in [-0.05, 0) is 25.6 Å². The number of urea groups is 1. The number of hydrogen-bond donors (Lipinski definition) is 2. The molecule has 0 aromatic carbocycles. The Labute approximate surface area is 113 Å². The number of rotatable bonds is 1. The van der Waals surface area contributed by atoms with Crippen LogP contribution in [0.4, 0.5) is 4.79 Å². The predicted octanol–water partition coefficient (Wildman–Crippen LogP) is 0.270. The zero-order valence-corrected chi connectivity index (χ0v) is 11.7. The van der Waals surface area contributed by atoms with Crippen molar-refractivity contribution >= 4 is 57.5 Å². The molecule has 0 spiro atoms. The van der Waals surface area contributed by atoms with Gasteiger partial charge >= 0.3 is 6.03 Å². The monoisotopic (exact) mass is 326 g/mol. The van der Waals surface area contributed by atoms with Gasteiger partial charge in [-0.15, -0.1) is 4.24 Å². The van der Waals surface area contributed by atoms with Gasteiger partial charge in [0.25, 0.3) is 16.1 Å². The van der Waals surface area contributed by atoms with Gasteiger partial charge < -0.3 is 0 Å². The van der Waals surface area contributed by atoms with E-state index in [1.165, 1.54) is 18.1 Å². The summed E-state index contributed by atoms with van der Waals surface area (Å²) in [4.78, 5) is 22.0. The lowest BCUT2D eigenvalue weighted by molar-refractivity contribution is -0.127. The zero-order valence-electron chi connectivity index (χ0n) is 8.65. The highest BCUT2D eigenvalue weighted by Crippen LogP contribution is 2.30. The van der Waals surface area contributed by atoms with Gasteiger partial charge in [0.15, 0.2) is 0 Å². The van der Waals surface area contributed by atoms with Crippen LogP contribution in [-0.4, -0.2) is 34.7 Å². The second kappa shape index (κ2) is 5.55. The Balaban J connectivity index is 0.000000366. The fraction of sp³-hybridized carbons (Fsp3) is 0.600. The van der Waals surface area contributed by atoms with Crippen molar-refractivity contribution in [2.45, 2.75) is 19.4 Å². The summed E-state index contributed by atoms with van der Waals surface area (Å²) in [6.07, 6.45) is 0. The van der Waals surface area contributed by atoms with Crippen LogP contribution in [0.5, 0.6) is 0 Å². The maximum atomic E-state index is 11.1. The molecule has 8 nitrogen and oxygen atoms in total. The average Bonchev–Trinajstić information content (AvgIpc) is 2.34. The minimum Gasteiger partial charge on any atom is -0.270 e. The Bertz CT molecular complexity index is 425. The summed E-state index contributed by atoms with van der Waals surface area (Å²) in [6.45, 7) is 3.03. The van der Waals surface area contributed by atoms with Gasteiger partial charge in [-0.2, -0.15) is 12.8 Å². The van der Waals surface area contributed by atoms with E-state index in [1.807, 2.05) is 0 Å². The van der Waals surface area contributed by atoms with Crippen molar-refractivity contribution < 1.29 is 18.0 Å². The molecule has 17 heavy (non-hydrogen) atoms. The van der Waals surface area contributed by atoms with E-state index in [2.05, 4.69) is 16.9 Å². The Morgan fingerprint density at radius 1 is 1.29 bits per heavy atom. The molecule has 0 unspecified atom stereocenters. The number of imide groups is 1. The van der Waals surface area contributed by atoms with Crippen molar-refractivity contribution in [3.05, 3.63) is 0 Å². The first kappa shape index (κ1) is 16.7. The molecule has 0 aliphatic carbocycles. The maximum absolute atomic E-state index is 11.1. The van der Waals surface area contributed by atoms with Gasteiger partial charge in [0, 0.05) is 23.6 Å². The molecule has 1 rings (SSSR count). The van der Waals surface area contributed by atoms with Crippen LogP contribution in [0.2, 0.25) is 0 Å². The molecular weight excluding hydrogens is 319 g/mol. The van der Waals surface area contributed by atoms with E-state index < -0.39 is 27.7 Å². The Morgan fingerprint density at radius 3 is 1.71 bits per heavy atom. The first-order valence-corrected chi connectivity index (χ1v) is 6.45. The summed E-state index contributed by atoms with van der Waals surface area (Å²) in [5.74, 6) is -0.515. The molecule has 1 aliphatic heterocycles. The maximum Gasteiger partial charge on any atom is 0.357 e. The predicted molar refractivity (Wildman–Crippen MR) is 62.0 cm³/mol. The van der Waals surface area contributed by atoms with Crippen LogP contribution >= 0.6 is 35.3 Å².